The molecule has 0 aliphatic carbocycles. The lowest BCUT2D eigenvalue weighted by Gasteiger charge is -2.39. The summed E-state index contributed by atoms with van der Waals surface area (Å²) in [6, 6.07) is 8.92. The van der Waals surface area contributed by atoms with Crippen molar-refractivity contribution in [2.45, 2.75) is 74.8 Å². The number of aliphatic hydroxyl groups is 7. The van der Waals surface area contributed by atoms with Gasteiger partial charge in [0.05, 0.1) is 19.3 Å². The lowest BCUT2D eigenvalue weighted by atomic mass is 10.00. The number of nitrogens with one attached hydrogen (secondary N) is 1. The van der Waals surface area contributed by atoms with Crippen LogP contribution in [0.3, 0.4) is 0 Å². The van der Waals surface area contributed by atoms with Gasteiger partial charge in [-0.25, -0.2) is 0 Å². The molecule has 1 saturated heterocycles. The summed E-state index contributed by atoms with van der Waals surface area (Å²) in [5, 5.41) is 71.9. The van der Waals surface area contributed by atoms with E-state index in [9.17, 15) is 40.5 Å². The predicted molar refractivity (Wildman–Crippen MR) is 110 cm³/mol. The van der Waals surface area contributed by atoms with Gasteiger partial charge in [-0.1, -0.05) is 30.3 Å². The number of aliphatic hydroxyl groups excluding tert-OH is 7. The van der Waals surface area contributed by atoms with E-state index in [1.165, 1.54) is 0 Å². The minimum atomic E-state index is -2.03. The van der Waals surface area contributed by atoms with Crippen molar-refractivity contribution in [3.8, 4) is 0 Å². The first kappa shape index (κ1) is 26.6. The smallest absolute Gasteiger partial charge is 0.251 e. The fourth-order valence-electron chi connectivity index (χ4n) is 3.49. The van der Waals surface area contributed by atoms with Crippen molar-refractivity contribution in [1.29, 1.82) is 0 Å². The lowest BCUT2D eigenvalue weighted by Crippen LogP contribution is -2.57. The van der Waals surface area contributed by atoms with Gasteiger partial charge in [0.25, 0.3) is 5.91 Å². The molecule has 0 saturated carbocycles. The largest absolute Gasteiger partial charge is 0.394 e. The van der Waals surface area contributed by atoms with Gasteiger partial charge in [0.15, 0.2) is 12.4 Å². The van der Waals surface area contributed by atoms with Crippen LogP contribution in [-0.4, -0.2) is 110 Å². The Hall–Kier alpha value is -1.67. The number of hydrogen-bond donors (Lipinski definition) is 8. The summed E-state index contributed by atoms with van der Waals surface area (Å²) in [4.78, 5) is 12.4. The third kappa shape index (κ3) is 7.17. The molecule has 1 aromatic carbocycles. The summed E-state index contributed by atoms with van der Waals surface area (Å²) < 4.78 is 10.6. The fourth-order valence-corrected chi connectivity index (χ4v) is 3.49. The summed E-state index contributed by atoms with van der Waals surface area (Å²) >= 11 is 0. The van der Waals surface area contributed by atoms with Crippen LogP contribution in [0.15, 0.2) is 30.3 Å². The molecular weight excluding hydrogens is 426 g/mol. The number of ether oxygens (including phenoxy) is 2. The molecule has 9 atom stereocenters. The van der Waals surface area contributed by atoms with E-state index in [4.69, 9.17) is 9.47 Å². The molecule has 2 rings (SSSR count). The third-order valence-electron chi connectivity index (χ3n) is 5.27. The van der Waals surface area contributed by atoms with E-state index in [2.05, 4.69) is 5.32 Å². The zero-order chi connectivity index (χ0) is 23.8. The van der Waals surface area contributed by atoms with Crippen LogP contribution in [0.2, 0.25) is 0 Å². The van der Waals surface area contributed by atoms with Crippen LogP contribution in [0.5, 0.6) is 0 Å². The van der Waals surface area contributed by atoms with E-state index in [-0.39, 0.29) is 12.5 Å². The maximum atomic E-state index is 12.4. The molecule has 5 unspecified atom stereocenters. The fraction of sp³-hybridized carbons (Fsp3) is 0.667. The van der Waals surface area contributed by atoms with E-state index >= 15 is 0 Å². The van der Waals surface area contributed by atoms with E-state index in [0.29, 0.717) is 6.42 Å². The van der Waals surface area contributed by atoms with Crippen LogP contribution >= 0.6 is 0 Å². The van der Waals surface area contributed by atoms with Gasteiger partial charge < -0.3 is 50.5 Å². The highest BCUT2D eigenvalue weighted by Gasteiger charge is 2.43. The molecule has 32 heavy (non-hydrogen) atoms. The van der Waals surface area contributed by atoms with E-state index in [1.807, 2.05) is 30.3 Å². The number of carbonyl (C=O) groups excluding carboxylic acids is 1. The zero-order valence-electron chi connectivity index (χ0n) is 17.8. The Morgan fingerprint density at radius 2 is 1.81 bits per heavy atom. The van der Waals surface area contributed by atoms with Crippen molar-refractivity contribution in [3.63, 3.8) is 0 Å². The normalized spacial score (nSPS) is 28.4. The van der Waals surface area contributed by atoms with Crippen molar-refractivity contribution in [3.05, 3.63) is 35.9 Å². The first-order valence-electron chi connectivity index (χ1n) is 10.4. The minimum absolute atomic E-state index is 0.214. The molecule has 1 aliphatic heterocycles. The molecule has 0 bridgehead atoms. The van der Waals surface area contributed by atoms with Gasteiger partial charge in [0.2, 0.25) is 0 Å². The Balaban J connectivity index is 2.02. The quantitative estimate of drug-likeness (QED) is 0.170. The number of amides is 1. The average Bonchev–Trinajstić information content (AvgIpc) is 2.77. The molecule has 0 radical (unpaired) electrons. The van der Waals surface area contributed by atoms with Crippen LogP contribution < -0.4 is 5.32 Å². The average molecular weight is 459 g/mol. The van der Waals surface area contributed by atoms with Gasteiger partial charge in [0, 0.05) is 12.5 Å². The molecule has 11 nitrogen and oxygen atoms in total. The van der Waals surface area contributed by atoms with Crippen LogP contribution in [0.25, 0.3) is 0 Å². The molecule has 182 valence electrons. The number of rotatable bonds is 11. The number of carbonyl (C=O) groups is 1. The molecule has 0 aromatic heterocycles. The van der Waals surface area contributed by atoms with E-state index in [1.54, 1.807) is 6.92 Å². The molecule has 11 heteroatoms. The summed E-state index contributed by atoms with van der Waals surface area (Å²) in [5.41, 5.74) is 0.955. The third-order valence-corrected chi connectivity index (χ3v) is 5.27. The topological polar surface area (TPSA) is 189 Å². The molecule has 1 amide bonds. The second-order valence-corrected chi connectivity index (χ2v) is 7.98. The Kier molecular flexibility index (Phi) is 10.4. The molecule has 1 fully saturated rings. The monoisotopic (exact) mass is 459 g/mol. The predicted octanol–water partition coefficient (Wildman–Crippen LogP) is -2.98. The van der Waals surface area contributed by atoms with Crippen molar-refractivity contribution in [2.24, 2.45) is 0 Å². The zero-order valence-corrected chi connectivity index (χ0v) is 17.8. The van der Waals surface area contributed by atoms with Crippen molar-refractivity contribution in [2.75, 3.05) is 13.2 Å². The van der Waals surface area contributed by atoms with Gasteiger partial charge in [-0.05, 0) is 18.9 Å². The second kappa shape index (κ2) is 12.5. The van der Waals surface area contributed by atoms with Crippen molar-refractivity contribution in [1.82, 2.24) is 5.32 Å². The van der Waals surface area contributed by atoms with Gasteiger partial charge in [-0.3, -0.25) is 4.79 Å². The summed E-state index contributed by atoms with van der Waals surface area (Å²) in [6.45, 7) is 0.260. The van der Waals surface area contributed by atoms with Crippen molar-refractivity contribution >= 4 is 5.91 Å². The first-order valence-corrected chi connectivity index (χ1v) is 10.4. The first-order chi connectivity index (χ1) is 15.2. The Morgan fingerprint density at radius 3 is 2.41 bits per heavy atom. The van der Waals surface area contributed by atoms with Crippen LogP contribution in [-0.2, 0) is 20.7 Å². The van der Waals surface area contributed by atoms with Gasteiger partial charge in [-0.15, -0.1) is 0 Å². The number of benzene rings is 1. The van der Waals surface area contributed by atoms with Crippen LogP contribution in [0, 0.1) is 0 Å². The van der Waals surface area contributed by atoms with Gasteiger partial charge >= 0.3 is 0 Å². The van der Waals surface area contributed by atoms with Crippen LogP contribution in [0.4, 0.5) is 0 Å². The molecule has 0 spiro atoms. The Bertz CT molecular complexity index is 692. The molecule has 1 aromatic rings. The minimum Gasteiger partial charge on any atom is -0.394 e. The maximum Gasteiger partial charge on any atom is 0.251 e. The van der Waals surface area contributed by atoms with E-state index in [0.717, 1.165) is 5.56 Å². The van der Waals surface area contributed by atoms with Gasteiger partial charge in [0.1, 0.15) is 30.5 Å². The Morgan fingerprint density at radius 1 is 1.16 bits per heavy atom. The van der Waals surface area contributed by atoms with Crippen LogP contribution in [0.1, 0.15) is 18.9 Å². The summed E-state index contributed by atoms with van der Waals surface area (Å²) in [6.07, 6.45) is -12.3. The summed E-state index contributed by atoms with van der Waals surface area (Å²) in [7, 11) is 0. The Labute approximate surface area is 185 Å². The van der Waals surface area contributed by atoms with Gasteiger partial charge in [-0.2, -0.15) is 0 Å². The SMILES string of the molecule is CC(Cc1ccccc1)NC(=O)[C@H](O)C(O)C(O[C@@H]1O[C@H](CO)[C@H](O)CC1O)C(O)CO. The highest BCUT2D eigenvalue weighted by atomic mass is 16.7. The number of hydrogen-bond acceptors (Lipinski definition) is 10. The molecule has 1 heterocycles. The standard InChI is InChI=1S/C21H33NO10/c1-11(7-12-5-3-2-4-6-12)22-20(30)18(29)17(28)19(15(27)9-23)32-21-14(26)8-13(25)16(10-24)31-21/h2-6,11,13-19,21,23-29H,7-10H2,1H3,(H,22,30)/t11?,13-,14?,15?,16-,17?,18-,19?,21+/m1/s1. The molecular formula is C21H33NO10. The lowest BCUT2D eigenvalue weighted by molar-refractivity contribution is -0.304. The molecule has 8 N–H and O–H groups in total. The van der Waals surface area contributed by atoms with Crippen molar-refractivity contribution < 1.29 is 50.0 Å². The maximum absolute atomic E-state index is 12.4. The highest BCUT2D eigenvalue weighted by Crippen LogP contribution is 2.24. The highest BCUT2D eigenvalue weighted by molar-refractivity contribution is 5.81. The second-order valence-electron chi connectivity index (χ2n) is 7.98. The van der Waals surface area contributed by atoms with E-state index < -0.39 is 68.1 Å². The molecule has 1 aliphatic rings. The summed E-state index contributed by atoms with van der Waals surface area (Å²) in [5.74, 6) is -0.923.